The first kappa shape index (κ1) is 18.6. The molecule has 1 aromatic carbocycles. The minimum atomic E-state index is -0.448. The maximum Gasteiger partial charge on any atom is 0.231 e. The molecule has 1 atom stereocenters. The predicted octanol–water partition coefficient (Wildman–Crippen LogP) is 2.97. The van der Waals surface area contributed by atoms with Crippen LogP contribution in [-0.4, -0.2) is 41.5 Å². The predicted molar refractivity (Wildman–Crippen MR) is 112 cm³/mol. The summed E-state index contributed by atoms with van der Waals surface area (Å²) in [5.74, 6) is 0.526. The number of ether oxygens (including phenoxy) is 2. The molecule has 0 saturated carbocycles. The van der Waals surface area contributed by atoms with Crippen LogP contribution in [0.4, 0.5) is 10.8 Å². The number of thiazole rings is 1. The Morgan fingerprint density at radius 3 is 2.90 bits per heavy atom. The van der Waals surface area contributed by atoms with Crippen LogP contribution in [0.25, 0.3) is 11.3 Å². The fourth-order valence-corrected chi connectivity index (χ4v) is 4.24. The lowest BCUT2D eigenvalue weighted by atomic mass is 10.1. The van der Waals surface area contributed by atoms with Crippen LogP contribution in [0.15, 0.2) is 48.1 Å². The Kier molecular flexibility index (Phi) is 4.80. The first-order chi connectivity index (χ1) is 14.7. The Balaban J connectivity index is 1.26. The van der Waals surface area contributed by atoms with Gasteiger partial charge in [0.05, 0.1) is 11.6 Å². The number of nitrogens with one attached hydrogen (secondary N) is 1. The van der Waals surface area contributed by atoms with Crippen molar-refractivity contribution < 1.29 is 19.1 Å². The van der Waals surface area contributed by atoms with Crippen molar-refractivity contribution in [3.63, 3.8) is 0 Å². The average Bonchev–Trinajstić information content (AvgIpc) is 3.41. The van der Waals surface area contributed by atoms with E-state index in [1.807, 2.05) is 23.6 Å². The molecule has 0 bridgehead atoms. The van der Waals surface area contributed by atoms with Crippen molar-refractivity contribution in [3.05, 3.63) is 48.1 Å². The highest BCUT2D eigenvalue weighted by Crippen LogP contribution is 2.36. The molecule has 0 spiro atoms. The lowest BCUT2D eigenvalue weighted by Gasteiger charge is -2.22. The molecule has 30 heavy (non-hydrogen) atoms. The summed E-state index contributed by atoms with van der Waals surface area (Å²) in [6.07, 6.45) is 3.58. The number of fused-ring (bicyclic) bond motifs is 1. The molecule has 152 valence electrons. The maximum atomic E-state index is 12.7. The Hall–Kier alpha value is -3.46. The molecule has 2 aromatic heterocycles. The molecule has 0 unspecified atom stereocenters. The quantitative estimate of drug-likeness (QED) is 0.695. The normalized spacial score (nSPS) is 17.8. The molecule has 1 N–H and O–H groups in total. The lowest BCUT2D eigenvalue weighted by molar-refractivity contribution is -0.122. The van der Waals surface area contributed by atoms with E-state index in [0.717, 1.165) is 11.3 Å². The maximum absolute atomic E-state index is 12.7. The van der Waals surface area contributed by atoms with Crippen LogP contribution >= 0.6 is 11.3 Å². The van der Waals surface area contributed by atoms with Crippen molar-refractivity contribution in [2.24, 2.45) is 5.92 Å². The minimum Gasteiger partial charge on any atom is -0.486 e. The van der Waals surface area contributed by atoms with Crippen molar-refractivity contribution in [1.82, 2.24) is 9.97 Å². The molecule has 2 aliphatic heterocycles. The van der Waals surface area contributed by atoms with Crippen molar-refractivity contribution in [2.75, 3.05) is 30.0 Å². The number of pyridine rings is 1. The van der Waals surface area contributed by atoms with Crippen molar-refractivity contribution in [2.45, 2.75) is 6.42 Å². The fraction of sp³-hybridized carbons (Fsp3) is 0.238. The van der Waals surface area contributed by atoms with Crippen LogP contribution in [0.1, 0.15) is 6.42 Å². The minimum absolute atomic E-state index is 0.0954. The van der Waals surface area contributed by atoms with Gasteiger partial charge >= 0.3 is 0 Å². The SMILES string of the molecule is O=C(Nc1nc(-c2cccnc2)cs1)[C@@H]1CC(=O)N(c2ccc3c(c2)OCCO3)C1. The van der Waals surface area contributed by atoms with Gasteiger partial charge in [-0.1, -0.05) is 0 Å². The zero-order chi connectivity index (χ0) is 20.5. The van der Waals surface area contributed by atoms with Crippen LogP contribution in [-0.2, 0) is 9.59 Å². The molecular weight excluding hydrogens is 404 g/mol. The van der Waals surface area contributed by atoms with Crippen LogP contribution in [0.3, 0.4) is 0 Å². The number of hydrogen-bond acceptors (Lipinski definition) is 7. The zero-order valence-electron chi connectivity index (χ0n) is 15.9. The number of aromatic nitrogens is 2. The Morgan fingerprint density at radius 1 is 1.20 bits per heavy atom. The van der Waals surface area contributed by atoms with E-state index in [4.69, 9.17) is 9.47 Å². The van der Waals surface area contributed by atoms with E-state index in [1.165, 1.54) is 11.3 Å². The fourth-order valence-electron chi connectivity index (χ4n) is 3.52. The zero-order valence-corrected chi connectivity index (χ0v) is 16.7. The molecular formula is C21H18N4O4S. The summed E-state index contributed by atoms with van der Waals surface area (Å²) >= 11 is 1.35. The summed E-state index contributed by atoms with van der Waals surface area (Å²) in [4.78, 5) is 35.4. The van der Waals surface area contributed by atoms with Gasteiger partial charge in [-0.15, -0.1) is 11.3 Å². The van der Waals surface area contributed by atoms with E-state index < -0.39 is 5.92 Å². The number of nitrogens with zero attached hydrogens (tertiary/aromatic N) is 3. The van der Waals surface area contributed by atoms with Crippen molar-refractivity contribution >= 4 is 34.0 Å². The highest BCUT2D eigenvalue weighted by Gasteiger charge is 2.36. The van der Waals surface area contributed by atoms with Gasteiger partial charge in [0.25, 0.3) is 0 Å². The molecule has 3 aromatic rings. The largest absolute Gasteiger partial charge is 0.486 e. The molecule has 0 radical (unpaired) electrons. The van der Waals surface area contributed by atoms with Gasteiger partial charge in [0, 0.05) is 48.1 Å². The first-order valence-corrected chi connectivity index (χ1v) is 10.4. The number of benzene rings is 1. The number of hydrogen-bond donors (Lipinski definition) is 1. The third-order valence-electron chi connectivity index (χ3n) is 5.02. The second-order valence-corrected chi connectivity index (χ2v) is 7.86. The summed E-state index contributed by atoms with van der Waals surface area (Å²) in [5, 5.41) is 5.21. The first-order valence-electron chi connectivity index (χ1n) is 9.54. The second-order valence-electron chi connectivity index (χ2n) is 7.00. The van der Waals surface area contributed by atoms with Crippen LogP contribution < -0.4 is 19.7 Å². The van der Waals surface area contributed by atoms with E-state index >= 15 is 0 Å². The summed E-state index contributed by atoms with van der Waals surface area (Å²) in [6, 6.07) is 9.14. The summed E-state index contributed by atoms with van der Waals surface area (Å²) in [5.41, 5.74) is 2.34. The molecule has 2 amide bonds. The Morgan fingerprint density at radius 2 is 2.07 bits per heavy atom. The molecule has 1 fully saturated rings. The molecule has 4 heterocycles. The number of amides is 2. The van der Waals surface area contributed by atoms with E-state index in [9.17, 15) is 9.59 Å². The molecule has 8 nitrogen and oxygen atoms in total. The van der Waals surface area contributed by atoms with E-state index in [0.29, 0.717) is 42.1 Å². The van der Waals surface area contributed by atoms with Gasteiger partial charge in [0.15, 0.2) is 16.6 Å². The average molecular weight is 422 g/mol. The van der Waals surface area contributed by atoms with Crippen LogP contribution in [0.2, 0.25) is 0 Å². The second kappa shape index (κ2) is 7.75. The molecule has 5 rings (SSSR count). The van der Waals surface area contributed by atoms with Gasteiger partial charge in [0.1, 0.15) is 13.2 Å². The van der Waals surface area contributed by atoms with Crippen molar-refractivity contribution in [3.8, 4) is 22.8 Å². The van der Waals surface area contributed by atoms with Crippen LogP contribution in [0, 0.1) is 5.92 Å². The van der Waals surface area contributed by atoms with Gasteiger partial charge in [-0.25, -0.2) is 4.98 Å². The third-order valence-corrected chi connectivity index (χ3v) is 5.78. The summed E-state index contributed by atoms with van der Waals surface area (Å²) in [7, 11) is 0. The molecule has 0 aliphatic carbocycles. The standard InChI is InChI=1S/C21H18N4O4S/c26-19-8-14(11-25(19)15-3-4-17-18(9-15)29-7-6-28-17)20(27)24-21-23-16(12-30-21)13-2-1-5-22-10-13/h1-5,9-10,12,14H,6-8,11H2,(H,23,24,27)/t14-/m1/s1. The molecule has 9 heteroatoms. The van der Waals surface area contributed by atoms with Gasteiger partial charge < -0.3 is 19.7 Å². The van der Waals surface area contributed by atoms with E-state index in [-0.39, 0.29) is 18.2 Å². The van der Waals surface area contributed by atoms with Crippen molar-refractivity contribution in [1.29, 1.82) is 0 Å². The van der Waals surface area contributed by atoms with Crippen LogP contribution in [0.5, 0.6) is 11.5 Å². The topological polar surface area (TPSA) is 93.7 Å². The van der Waals surface area contributed by atoms with Gasteiger partial charge in [-0.05, 0) is 24.3 Å². The number of carbonyl (C=O) groups excluding carboxylic acids is 2. The van der Waals surface area contributed by atoms with Gasteiger partial charge in [-0.2, -0.15) is 0 Å². The smallest absolute Gasteiger partial charge is 0.231 e. The number of carbonyl (C=O) groups is 2. The number of anilines is 2. The third kappa shape index (κ3) is 3.59. The van der Waals surface area contributed by atoms with Gasteiger partial charge in [0.2, 0.25) is 11.8 Å². The summed E-state index contributed by atoms with van der Waals surface area (Å²) in [6.45, 7) is 1.30. The highest BCUT2D eigenvalue weighted by atomic mass is 32.1. The summed E-state index contributed by atoms with van der Waals surface area (Å²) < 4.78 is 11.1. The lowest BCUT2D eigenvalue weighted by Crippen LogP contribution is -2.28. The number of rotatable bonds is 4. The van der Waals surface area contributed by atoms with Gasteiger partial charge in [-0.3, -0.25) is 14.6 Å². The Labute approximate surface area is 176 Å². The monoisotopic (exact) mass is 422 g/mol. The molecule has 1 saturated heterocycles. The highest BCUT2D eigenvalue weighted by molar-refractivity contribution is 7.14. The molecule has 2 aliphatic rings. The van der Waals surface area contributed by atoms with E-state index in [2.05, 4.69) is 15.3 Å². The Bertz CT molecular complexity index is 1100. The van der Waals surface area contributed by atoms with E-state index in [1.54, 1.807) is 29.4 Å².